The fraction of sp³-hybridized carbons (Fsp3) is 0.455. The lowest BCUT2D eigenvalue weighted by Gasteiger charge is -2.31. The van der Waals surface area contributed by atoms with Crippen LogP contribution in [0.25, 0.3) is 0 Å². The molecule has 0 unspecified atom stereocenters. The maximum absolute atomic E-state index is 12.3. The van der Waals surface area contributed by atoms with Crippen molar-refractivity contribution < 1.29 is 36.2 Å². The predicted octanol–water partition coefficient (Wildman–Crippen LogP) is 3.82. The molecule has 0 radical (unpaired) electrons. The summed E-state index contributed by atoms with van der Waals surface area (Å²) in [7, 11) is 0. The van der Waals surface area contributed by atoms with E-state index in [-0.39, 0.29) is 0 Å². The van der Waals surface area contributed by atoms with Crippen molar-refractivity contribution in [1.82, 2.24) is 0 Å². The number of aliphatic hydroxyl groups is 1. The molecule has 0 fully saturated rings. The van der Waals surface area contributed by atoms with Gasteiger partial charge in [-0.1, -0.05) is 28.1 Å². The molecule has 0 aliphatic rings. The fourth-order valence-electron chi connectivity index (χ4n) is 1.22. The second-order valence-corrected chi connectivity index (χ2v) is 4.89. The van der Waals surface area contributed by atoms with Gasteiger partial charge < -0.3 is 9.84 Å². The average Bonchev–Trinajstić information content (AvgIpc) is 2.28. The molecule has 1 rings (SSSR count). The van der Waals surface area contributed by atoms with Crippen molar-refractivity contribution in [3.63, 3.8) is 0 Å². The Hall–Kier alpha value is -0.800. The number of hydrogen-bond donors (Lipinski definition) is 1. The van der Waals surface area contributed by atoms with E-state index in [0.29, 0.717) is 10.0 Å². The van der Waals surface area contributed by atoms with Gasteiger partial charge in [-0.15, -0.1) is 0 Å². The quantitative estimate of drug-likeness (QED) is 0.820. The molecule has 20 heavy (non-hydrogen) atoms. The predicted molar refractivity (Wildman–Crippen MR) is 60.9 cm³/mol. The Kier molecular flexibility index (Phi) is 5.09. The third-order valence-electron chi connectivity index (χ3n) is 2.43. The largest absolute Gasteiger partial charge is 0.428 e. The summed E-state index contributed by atoms with van der Waals surface area (Å²) in [5.74, 6) is 0. The van der Waals surface area contributed by atoms with Crippen LogP contribution in [0.15, 0.2) is 28.7 Å². The van der Waals surface area contributed by atoms with Crippen LogP contribution in [-0.2, 0) is 11.3 Å². The monoisotopic (exact) mass is 366 g/mol. The van der Waals surface area contributed by atoms with E-state index >= 15 is 0 Å². The molecular weight excluding hydrogens is 358 g/mol. The smallest absolute Gasteiger partial charge is 0.373 e. The van der Waals surface area contributed by atoms with Gasteiger partial charge in [0.1, 0.15) is 0 Å². The maximum atomic E-state index is 12.3. The molecule has 0 bridgehead atoms. The van der Waals surface area contributed by atoms with Gasteiger partial charge in [-0.25, -0.2) is 0 Å². The molecule has 1 aromatic rings. The Morgan fingerprint density at radius 2 is 1.40 bits per heavy atom. The lowest BCUT2D eigenvalue weighted by atomic mass is 10.0. The van der Waals surface area contributed by atoms with E-state index in [0.717, 1.165) is 0 Å². The molecule has 1 aromatic carbocycles. The first-order chi connectivity index (χ1) is 8.97. The number of alkyl halides is 6. The van der Waals surface area contributed by atoms with Crippen LogP contribution in [0.4, 0.5) is 26.3 Å². The summed E-state index contributed by atoms with van der Waals surface area (Å²) < 4.78 is 79.0. The van der Waals surface area contributed by atoms with Crippen LogP contribution in [0.3, 0.4) is 0 Å². The topological polar surface area (TPSA) is 29.5 Å². The summed E-state index contributed by atoms with van der Waals surface area (Å²) in [4.78, 5) is 0. The summed E-state index contributed by atoms with van der Waals surface area (Å²) in [5, 5.41) is 8.82. The molecule has 0 amide bonds. The fourth-order valence-corrected chi connectivity index (χ4v) is 1.49. The van der Waals surface area contributed by atoms with Crippen molar-refractivity contribution >= 4 is 15.9 Å². The summed E-state index contributed by atoms with van der Waals surface area (Å²) >= 11 is 3.12. The molecule has 0 spiro atoms. The van der Waals surface area contributed by atoms with E-state index in [4.69, 9.17) is 5.11 Å². The maximum Gasteiger partial charge on any atom is 0.428 e. The first-order valence-electron chi connectivity index (χ1n) is 5.15. The summed E-state index contributed by atoms with van der Waals surface area (Å²) in [6.07, 6.45) is -11.7. The van der Waals surface area contributed by atoms with Gasteiger partial charge in [0.25, 0.3) is 5.60 Å². The van der Waals surface area contributed by atoms with E-state index in [9.17, 15) is 26.3 Å². The van der Waals surface area contributed by atoms with Crippen LogP contribution in [0.1, 0.15) is 5.56 Å². The third-order valence-corrected chi connectivity index (χ3v) is 2.96. The van der Waals surface area contributed by atoms with Crippen molar-refractivity contribution in [1.29, 1.82) is 0 Å². The minimum Gasteiger partial charge on any atom is -0.373 e. The number of halogens is 7. The molecule has 0 saturated carbocycles. The third kappa shape index (κ3) is 3.86. The Balaban J connectivity index is 2.72. The molecule has 9 heteroatoms. The van der Waals surface area contributed by atoms with Crippen molar-refractivity contribution in [3.8, 4) is 0 Å². The van der Waals surface area contributed by atoms with Crippen LogP contribution in [-0.4, -0.2) is 29.7 Å². The zero-order valence-electron chi connectivity index (χ0n) is 9.72. The molecule has 2 nitrogen and oxygen atoms in total. The van der Waals surface area contributed by atoms with Gasteiger partial charge in [0.05, 0.1) is 13.2 Å². The van der Waals surface area contributed by atoms with Crippen LogP contribution in [0.2, 0.25) is 0 Å². The second-order valence-electron chi connectivity index (χ2n) is 3.98. The zero-order chi connectivity index (χ0) is 15.6. The molecule has 114 valence electrons. The highest BCUT2D eigenvalue weighted by Gasteiger charge is 2.70. The van der Waals surface area contributed by atoms with Gasteiger partial charge in [-0.2, -0.15) is 26.3 Å². The molecule has 1 N–H and O–H groups in total. The average molecular weight is 367 g/mol. The molecular formula is C11H9BrF6O2. The Morgan fingerprint density at radius 3 is 1.80 bits per heavy atom. The second kappa shape index (κ2) is 5.90. The van der Waals surface area contributed by atoms with Gasteiger partial charge in [0.15, 0.2) is 0 Å². The molecule has 0 saturated heterocycles. The first-order valence-corrected chi connectivity index (χ1v) is 5.95. The lowest BCUT2D eigenvalue weighted by Crippen LogP contribution is -2.59. The number of rotatable bonds is 4. The standard InChI is InChI=1S/C11H9BrF6O2/c12-8-3-1-7(2-4-8)5-20-6-9(19,10(13,14)15)11(16,17)18/h1-4,19H,5-6H2. The Morgan fingerprint density at radius 1 is 0.950 bits per heavy atom. The highest BCUT2D eigenvalue weighted by atomic mass is 79.9. The number of benzene rings is 1. The Labute approximate surface area is 118 Å². The van der Waals surface area contributed by atoms with E-state index in [1.165, 1.54) is 12.1 Å². The summed E-state index contributed by atoms with van der Waals surface area (Å²) in [6, 6.07) is 6.03. The van der Waals surface area contributed by atoms with Crippen LogP contribution in [0.5, 0.6) is 0 Å². The van der Waals surface area contributed by atoms with Crippen molar-refractivity contribution in [2.45, 2.75) is 24.6 Å². The van der Waals surface area contributed by atoms with Crippen molar-refractivity contribution in [2.24, 2.45) is 0 Å². The first kappa shape index (κ1) is 17.3. The SMILES string of the molecule is OC(COCc1ccc(Br)cc1)(C(F)(F)F)C(F)(F)F. The highest BCUT2D eigenvalue weighted by molar-refractivity contribution is 9.10. The highest BCUT2D eigenvalue weighted by Crippen LogP contribution is 2.43. The van der Waals surface area contributed by atoms with Gasteiger partial charge in [0.2, 0.25) is 0 Å². The van der Waals surface area contributed by atoms with E-state index in [2.05, 4.69) is 20.7 Å². The van der Waals surface area contributed by atoms with Crippen LogP contribution >= 0.6 is 15.9 Å². The lowest BCUT2D eigenvalue weighted by molar-refractivity contribution is -0.378. The number of hydrogen-bond acceptors (Lipinski definition) is 2. The van der Waals surface area contributed by atoms with Gasteiger partial charge >= 0.3 is 12.4 Å². The molecule has 0 aromatic heterocycles. The summed E-state index contributed by atoms with van der Waals surface area (Å²) in [5.41, 5.74) is -4.50. The number of ether oxygens (including phenoxy) is 1. The normalized spacial score (nSPS) is 13.6. The van der Waals surface area contributed by atoms with E-state index < -0.39 is 31.2 Å². The van der Waals surface area contributed by atoms with Crippen LogP contribution in [0, 0.1) is 0 Å². The van der Waals surface area contributed by atoms with Gasteiger partial charge in [-0.05, 0) is 17.7 Å². The van der Waals surface area contributed by atoms with Crippen LogP contribution < -0.4 is 0 Å². The molecule has 0 atom stereocenters. The zero-order valence-corrected chi connectivity index (χ0v) is 11.3. The minimum atomic E-state index is -5.87. The molecule has 0 heterocycles. The molecule has 0 aliphatic carbocycles. The van der Waals surface area contributed by atoms with Crippen molar-refractivity contribution in [3.05, 3.63) is 34.3 Å². The van der Waals surface area contributed by atoms with E-state index in [1.807, 2.05) is 0 Å². The van der Waals surface area contributed by atoms with Gasteiger partial charge in [0, 0.05) is 4.47 Å². The minimum absolute atomic E-state index is 0.375. The summed E-state index contributed by atoms with van der Waals surface area (Å²) in [6.45, 7) is -2.40. The van der Waals surface area contributed by atoms with Gasteiger partial charge in [-0.3, -0.25) is 0 Å². The Bertz CT molecular complexity index is 426. The molecule has 0 aliphatic heterocycles. The van der Waals surface area contributed by atoms with E-state index in [1.54, 1.807) is 12.1 Å². The van der Waals surface area contributed by atoms with Crippen molar-refractivity contribution in [2.75, 3.05) is 6.61 Å².